The summed E-state index contributed by atoms with van der Waals surface area (Å²) >= 11 is 0. The lowest BCUT2D eigenvalue weighted by Crippen LogP contribution is -2.26. The summed E-state index contributed by atoms with van der Waals surface area (Å²) in [6.07, 6.45) is -4.19. The van der Waals surface area contributed by atoms with Gasteiger partial charge in [-0.15, -0.1) is 0 Å². The van der Waals surface area contributed by atoms with E-state index in [1.54, 1.807) is 12.1 Å². The topological polar surface area (TPSA) is 64.4 Å². The fraction of sp³-hybridized carbons (Fsp3) is 0.400. The van der Waals surface area contributed by atoms with Gasteiger partial charge in [-0.2, -0.15) is 13.2 Å². The van der Waals surface area contributed by atoms with E-state index < -0.39 is 17.7 Å². The van der Waals surface area contributed by atoms with Gasteiger partial charge >= 0.3 is 6.18 Å². The van der Waals surface area contributed by atoms with Crippen LogP contribution in [-0.2, 0) is 11.3 Å². The molecule has 1 rings (SSSR count). The van der Waals surface area contributed by atoms with Crippen LogP contribution in [-0.4, -0.2) is 24.3 Å². The van der Waals surface area contributed by atoms with Gasteiger partial charge in [0.15, 0.2) is 6.61 Å². The number of hydroxylamine groups is 1. The predicted molar refractivity (Wildman–Crippen MR) is 56.8 cm³/mol. The predicted octanol–water partition coefficient (Wildman–Crippen LogP) is 2.22. The summed E-state index contributed by atoms with van der Waals surface area (Å²) in [4.78, 5) is 14.3. The molecule has 0 amide bonds. The summed E-state index contributed by atoms with van der Waals surface area (Å²) in [5.74, 6) is 0. The Bertz CT molecular complexity index is 410. The number of alkyl halides is 3. The molecule has 0 atom stereocenters. The SMILES string of the molecule is O=[N+]([O-])c1ccccc1CCNOCC(F)(F)F. The molecule has 0 aliphatic carbocycles. The minimum atomic E-state index is -4.40. The van der Waals surface area contributed by atoms with Crippen LogP contribution in [0, 0.1) is 10.1 Å². The standard InChI is InChI=1S/C10H11F3N2O3/c11-10(12,13)7-18-14-6-5-8-3-1-2-4-9(8)15(16)17/h1-4,14H,5-7H2. The lowest BCUT2D eigenvalue weighted by atomic mass is 10.1. The van der Waals surface area contributed by atoms with E-state index in [0.29, 0.717) is 5.56 Å². The molecule has 0 spiro atoms. The fourth-order valence-electron chi connectivity index (χ4n) is 1.29. The van der Waals surface area contributed by atoms with E-state index in [4.69, 9.17) is 0 Å². The van der Waals surface area contributed by atoms with Crippen LogP contribution in [0.1, 0.15) is 5.56 Å². The Kier molecular flexibility index (Phi) is 5.05. The summed E-state index contributed by atoms with van der Waals surface area (Å²) in [6, 6.07) is 6.03. The maximum Gasteiger partial charge on any atom is 0.413 e. The molecule has 1 aromatic rings. The van der Waals surface area contributed by atoms with Crippen molar-refractivity contribution in [3.05, 3.63) is 39.9 Å². The minimum Gasteiger partial charge on any atom is -0.292 e. The number of nitro groups is 1. The second kappa shape index (κ2) is 6.31. The van der Waals surface area contributed by atoms with Gasteiger partial charge in [0.2, 0.25) is 0 Å². The average Bonchev–Trinajstić information content (AvgIpc) is 2.27. The van der Waals surface area contributed by atoms with E-state index in [9.17, 15) is 23.3 Å². The Labute approximate surface area is 101 Å². The van der Waals surface area contributed by atoms with Gasteiger partial charge in [0.1, 0.15) is 0 Å². The highest BCUT2D eigenvalue weighted by molar-refractivity contribution is 5.39. The number of nitrogens with one attached hydrogen (secondary N) is 1. The van der Waals surface area contributed by atoms with E-state index in [1.165, 1.54) is 12.1 Å². The van der Waals surface area contributed by atoms with Gasteiger partial charge in [0.05, 0.1) is 4.92 Å². The van der Waals surface area contributed by atoms with Crippen LogP contribution >= 0.6 is 0 Å². The zero-order valence-corrected chi connectivity index (χ0v) is 9.24. The molecule has 0 saturated heterocycles. The van der Waals surface area contributed by atoms with E-state index in [2.05, 4.69) is 10.3 Å². The van der Waals surface area contributed by atoms with Crippen molar-refractivity contribution in [3.8, 4) is 0 Å². The molecule has 0 aliphatic rings. The van der Waals surface area contributed by atoms with Crippen LogP contribution in [0.4, 0.5) is 18.9 Å². The zero-order valence-electron chi connectivity index (χ0n) is 9.24. The molecule has 100 valence electrons. The number of benzene rings is 1. The molecule has 0 bridgehead atoms. The monoisotopic (exact) mass is 264 g/mol. The Morgan fingerprint density at radius 2 is 2.00 bits per heavy atom. The Morgan fingerprint density at radius 3 is 2.61 bits per heavy atom. The summed E-state index contributed by atoms with van der Waals surface area (Å²) in [7, 11) is 0. The molecule has 1 N–H and O–H groups in total. The zero-order chi connectivity index (χ0) is 13.6. The van der Waals surface area contributed by atoms with E-state index in [1.807, 2.05) is 0 Å². The number of hydrogen-bond acceptors (Lipinski definition) is 4. The molecular formula is C10H11F3N2O3. The van der Waals surface area contributed by atoms with Crippen molar-refractivity contribution in [2.45, 2.75) is 12.6 Å². The minimum absolute atomic E-state index is 0.0565. The molecule has 5 nitrogen and oxygen atoms in total. The molecule has 0 saturated carbocycles. The number of rotatable bonds is 6. The second-order valence-electron chi connectivity index (χ2n) is 3.43. The van der Waals surface area contributed by atoms with Crippen molar-refractivity contribution in [3.63, 3.8) is 0 Å². The molecular weight excluding hydrogens is 253 g/mol. The van der Waals surface area contributed by atoms with Gasteiger partial charge in [-0.05, 0) is 6.42 Å². The molecule has 0 aromatic heterocycles. The highest BCUT2D eigenvalue weighted by Crippen LogP contribution is 2.17. The van der Waals surface area contributed by atoms with Crippen LogP contribution in [0.15, 0.2) is 24.3 Å². The Hall–Kier alpha value is -1.67. The lowest BCUT2D eigenvalue weighted by molar-refractivity contribution is -0.385. The summed E-state index contributed by atoms with van der Waals surface area (Å²) in [5.41, 5.74) is 2.49. The van der Waals surface area contributed by atoms with Gasteiger partial charge in [0, 0.05) is 18.2 Å². The fourth-order valence-corrected chi connectivity index (χ4v) is 1.29. The smallest absolute Gasteiger partial charge is 0.292 e. The lowest BCUT2D eigenvalue weighted by Gasteiger charge is -2.08. The quantitative estimate of drug-likeness (QED) is 0.486. The largest absolute Gasteiger partial charge is 0.413 e. The molecule has 0 fully saturated rings. The molecule has 0 radical (unpaired) electrons. The van der Waals surface area contributed by atoms with Crippen molar-refractivity contribution in [2.24, 2.45) is 0 Å². The van der Waals surface area contributed by atoms with Crippen molar-refractivity contribution in [1.29, 1.82) is 0 Å². The second-order valence-corrected chi connectivity index (χ2v) is 3.43. The van der Waals surface area contributed by atoms with Crippen molar-refractivity contribution in [2.75, 3.05) is 13.2 Å². The van der Waals surface area contributed by atoms with Crippen LogP contribution < -0.4 is 5.48 Å². The first kappa shape index (κ1) is 14.4. The van der Waals surface area contributed by atoms with E-state index >= 15 is 0 Å². The van der Waals surface area contributed by atoms with E-state index in [0.717, 1.165) is 0 Å². The maximum absolute atomic E-state index is 11.7. The third-order valence-corrected chi connectivity index (χ3v) is 2.02. The Morgan fingerprint density at radius 1 is 1.33 bits per heavy atom. The maximum atomic E-state index is 11.7. The van der Waals surface area contributed by atoms with Crippen LogP contribution in [0.25, 0.3) is 0 Å². The number of nitro benzene ring substituents is 1. The summed E-state index contributed by atoms with van der Waals surface area (Å²) in [6.45, 7) is -1.34. The van der Waals surface area contributed by atoms with Crippen LogP contribution in [0.2, 0.25) is 0 Å². The van der Waals surface area contributed by atoms with Gasteiger partial charge in [-0.25, -0.2) is 5.48 Å². The third kappa shape index (κ3) is 5.11. The van der Waals surface area contributed by atoms with Crippen molar-refractivity contribution in [1.82, 2.24) is 5.48 Å². The Balaban J connectivity index is 2.38. The van der Waals surface area contributed by atoms with Crippen molar-refractivity contribution >= 4 is 5.69 Å². The van der Waals surface area contributed by atoms with E-state index in [-0.39, 0.29) is 18.7 Å². The highest BCUT2D eigenvalue weighted by atomic mass is 19.4. The highest BCUT2D eigenvalue weighted by Gasteiger charge is 2.27. The number of halogens is 3. The number of hydrogen-bond donors (Lipinski definition) is 1. The van der Waals surface area contributed by atoms with Crippen molar-refractivity contribution < 1.29 is 22.9 Å². The van der Waals surface area contributed by atoms with Gasteiger partial charge < -0.3 is 0 Å². The van der Waals surface area contributed by atoms with Gasteiger partial charge in [0.25, 0.3) is 5.69 Å². The molecule has 8 heteroatoms. The first-order valence-corrected chi connectivity index (χ1v) is 5.04. The average molecular weight is 264 g/mol. The number of para-hydroxylation sites is 1. The summed E-state index contributed by atoms with van der Waals surface area (Å²) in [5, 5.41) is 10.6. The van der Waals surface area contributed by atoms with Gasteiger partial charge in [-0.1, -0.05) is 18.2 Å². The molecule has 18 heavy (non-hydrogen) atoms. The number of nitrogens with zero attached hydrogens (tertiary/aromatic N) is 1. The molecule has 1 aromatic carbocycles. The molecule has 0 aliphatic heterocycles. The first-order valence-electron chi connectivity index (χ1n) is 5.04. The van der Waals surface area contributed by atoms with Gasteiger partial charge in [-0.3, -0.25) is 15.0 Å². The normalized spacial score (nSPS) is 11.5. The first-order chi connectivity index (χ1) is 8.40. The van der Waals surface area contributed by atoms with Crippen LogP contribution in [0.3, 0.4) is 0 Å². The summed E-state index contributed by atoms with van der Waals surface area (Å²) < 4.78 is 35.2. The van der Waals surface area contributed by atoms with Crippen LogP contribution in [0.5, 0.6) is 0 Å². The molecule has 0 unspecified atom stereocenters. The molecule has 0 heterocycles. The third-order valence-electron chi connectivity index (χ3n) is 2.02.